The number of rotatable bonds is 8. The molecule has 0 saturated heterocycles. The summed E-state index contributed by atoms with van der Waals surface area (Å²) in [5.74, 6) is 1.44. The molecule has 7 nitrogen and oxygen atoms in total. The highest BCUT2D eigenvalue weighted by Crippen LogP contribution is 2.28. The van der Waals surface area contributed by atoms with Crippen molar-refractivity contribution in [1.82, 2.24) is 15.0 Å². The quantitative estimate of drug-likeness (QED) is 0.458. The van der Waals surface area contributed by atoms with Gasteiger partial charge in [0.2, 0.25) is 0 Å². The topological polar surface area (TPSA) is 92.2 Å². The lowest BCUT2D eigenvalue weighted by molar-refractivity contribution is 0.0681. The van der Waals surface area contributed by atoms with E-state index in [-0.39, 0.29) is 0 Å². The Balaban J connectivity index is 1.82. The van der Waals surface area contributed by atoms with E-state index in [9.17, 15) is 5.11 Å². The van der Waals surface area contributed by atoms with E-state index >= 15 is 0 Å². The molecule has 0 aromatic carbocycles. The fraction of sp³-hybridized carbons (Fsp3) is 0.500. The molecule has 1 aliphatic carbocycles. The molecule has 3 N–H and O–H groups in total. The zero-order chi connectivity index (χ0) is 20.9. The molecule has 1 aliphatic rings. The standard InChI is InChI=1S/C22H31N5O2/c1-5-12-23-20-21(26-16-7-9-17(29-4)10-8-16)27-18(14-25-20)15-6-11-19(24-13-15)22(2,3)28/h5-6,11,13-14,16-17,28H,1,7-10,12H2,2-4H3,(H,23,25)(H,26,27)/i2+1,3+1,5+1,12+1,22+1. The molecular weight excluding hydrogens is 371 g/mol. The molecule has 0 bridgehead atoms. The van der Waals surface area contributed by atoms with E-state index in [4.69, 9.17) is 9.72 Å². The molecule has 2 heterocycles. The van der Waals surface area contributed by atoms with Crippen LogP contribution in [0.2, 0.25) is 0 Å². The van der Waals surface area contributed by atoms with Gasteiger partial charge in [0, 0.05) is 31.5 Å². The second kappa shape index (κ2) is 9.33. The molecule has 156 valence electrons. The van der Waals surface area contributed by atoms with Crippen molar-refractivity contribution in [2.24, 2.45) is 0 Å². The lowest BCUT2D eigenvalue weighted by Gasteiger charge is -2.29. The highest BCUT2D eigenvalue weighted by molar-refractivity contribution is 5.66. The van der Waals surface area contributed by atoms with Crippen LogP contribution in [0.25, 0.3) is 11.3 Å². The smallest absolute Gasteiger partial charge is 0.169 e. The molecule has 0 aliphatic heterocycles. The van der Waals surface area contributed by atoms with Crippen LogP contribution in [0.1, 0.15) is 45.2 Å². The average Bonchev–Trinajstić information content (AvgIpc) is 2.73. The predicted octanol–water partition coefficient (Wildman–Crippen LogP) is 3.73. The molecule has 0 unspecified atom stereocenters. The van der Waals surface area contributed by atoms with E-state index in [0.717, 1.165) is 42.8 Å². The van der Waals surface area contributed by atoms with Crippen LogP contribution in [0.5, 0.6) is 0 Å². The van der Waals surface area contributed by atoms with Crippen molar-refractivity contribution < 1.29 is 9.84 Å². The first-order valence-corrected chi connectivity index (χ1v) is 10.1. The van der Waals surface area contributed by atoms with Crippen LogP contribution in [0.3, 0.4) is 0 Å². The highest BCUT2D eigenvalue weighted by Gasteiger charge is 2.22. The lowest BCUT2D eigenvalue weighted by Crippen LogP contribution is -2.30. The van der Waals surface area contributed by atoms with Gasteiger partial charge in [-0.2, -0.15) is 0 Å². The monoisotopic (exact) mass is 402 g/mol. The Hall–Kier alpha value is -2.51. The van der Waals surface area contributed by atoms with E-state index in [0.29, 0.717) is 30.2 Å². The van der Waals surface area contributed by atoms with Crippen molar-refractivity contribution >= 4 is 11.6 Å². The second-order valence-corrected chi connectivity index (χ2v) is 7.97. The maximum Gasteiger partial charge on any atom is 0.169 e. The molecule has 1 saturated carbocycles. The Morgan fingerprint density at radius 2 is 1.93 bits per heavy atom. The summed E-state index contributed by atoms with van der Waals surface area (Å²) in [6.45, 7) is 7.81. The van der Waals surface area contributed by atoms with Crippen LogP contribution in [0.15, 0.2) is 37.2 Å². The number of aliphatic hydroxyl groups is 1. The summed E-state index contributed by atoms with van der Waals surface area (Å²) in [6, 6.07) is 4.07. The van der Waals surface area contributed by atoms with Gasteiger partial charge in [0.05, 0.1) is 23.7 Å². The van der Waals surface area contributed by atoms with Crippen LogP contribution < -0.4 is 10.6 Å². The van der Waals surface area contributed by atoms with Gasteiger partial charge in [-0.15, -0.1) is 6.58 Å². The van der Waals surface area contributed by atoms with Crippen molar-refractivity contribution in [1.29, 1.82) is 0 Å². The van der Waals surface area contributed by atoms with Gasteiger partial charge in [-0.1, -0.05) is 6.08 Å². The zero-order valence-electron chi connectivity index (χ0n) is 17.5. The first-order chi connectivity index (χ1) is 13.9. The van der Waals surface area contributed by atoms with E-state index in [1.165, 1.54) is 0 Å². The third-order valence-corrected chi connectivity index (χ3v) is 5.22. The molecular formula is C22H31N5O2. The zero-order valence-corrected chi connectivity index (χ0v) is 17.5. The van der Waals surface area contributed by atoms with Gasteiger partial charge in [-0.05, 0) is 51.7 Å². The third-order valence-electron chi connectivity index (χ3n) is 5.22. The lowest BCUT2D eigenvalue weighted by atomic mass is 9.93. The van der Waals surface area contributed by atoms with Gasteiger partial charge in [0.1, 0.15) is 5.60 Å². The molecule has 2 aromatic rings. The fourth-order valence-corrected chi connectivity index (χ4v) is 3.47. The molecule has 0 radical (unpaired) electrons. The van der Waals surface area contributed by atoms with Gasteiger partial charge in [0.25, 0.3) is 0 Å². The van der Waals surface area contributed by atoms with Crippen molar-refractivity contribution in [2.75, 3.05) is 24.3 Å². The predicted molar refractivity (Wildman–Crippen MR) is 116 cm³/mol. The van der Waals surface area contributed by atoms with E-state index in [1.807, 2.05) is 12.1 Å². The summed E-state index contributed by atoms with van der Waals surface area (Å²) in [6.07, 6.45) is 9.76. The van der Waals surface area contributed by atoms with Crippen LogP contribution in [-0.2, 0) is 10.3 Å². The van der Waals surface area contributed by atoms with Crippen molar-refractivity contribution in [3.05, 3.63) is 42.9 Å². The summed E-state index contributed by atoms with van der Waals surface area (Å²) in [5.41, 5.74) is 1.23. The molecule has 0 amide bonds. The van der Waals surface area contributed by atoms with Crippen LogP contribution in [-0.4, -0.2) is 45.9 Å². The summed E-state index contributed by atoms with van der Waals surface area (Å²) in [4.78, 5) is 13.8. The first kappa shape index (κ1) is 21.2. The number of pyridine rings is 1. The average molecular weight is 402 g/mol. The largest absolute Gasteiger partial charge is 0.384 e. The Kier molecular flexibility index (Phi) is 6.82. The second-order valence-electron chi connectivity index (χ2n) is 7.97. The number of anilines is 2. The Labute approximate surface area is 172 Å². The third kappa shape index (κ3) is 5.52. The summed E-state index contributed by atoms with van der Waals surface area (Å²) in [5, 5.41) is 16.9. The number of hydrogen-bond acceptors (Lipinski definition) is 7. The summed E-state index contributed by atoms with van der Waals surface area (Å²) < 4.78 is 5.47. The normalized spacial score (nSPS) is 19.6. The molecule has 7 heteroatoms. The molecule has 2 aromatic heterocycles. The number of nitrogens with one attached hydrogen (secondary N) is 2. The SMILES string of the molecule is C=[13CH][13CH2]Nc1ncc(-c2ccc([13C]([13CH3])([13CH3])O)nc2)nc1NC1CCC(OC)CC1. The first-order valence-electron chi connectivity index (χ1n) is 10.1. The molecule has 0 atom stereocenters. The highest BCUT2D eigenvalue weighted by atomic mass is 16.5. The molecule has 1 fully saturated rings. The number of nitrogens with zero attached hydrogens (tertiary/aromatic N) is 3. The van der Waals surface area contributed by atoms with E-state index in [2.05, 4.69) is 27.2 Å². The van der Waals surface area contributed by atoms with Gasteiger partial charge in [0.15, 0.2) is 11.6 Å². The molecule has 29 heavy (non-hydrogen) atoms. The minimum Gasteiger partial charge on any atom is -0.384 e. The van der Waals surface area contributed by atoms with Gasteiger partial charge >= 0.3 is 0 Å². The van der Waals surface area contributed by atoms with Crippen molar-refractivity contribution in [2.45, 2.75) is 57.3 Å². The summed E-state index contributed by atoms with van der Waals surface area (Å²) >= 11 is 0. The van der Waals surface area contributed by atoms with Crippen molar-refractivity contribution in [3.63, 3.8) is 0 Å². The maximum atomic E-state index is 10.1. The molecule has 0 spiro atoms. The number of ether oxygens (including phenoxy) is 1. The summed E-state index contributed by atoms with van der Waals surface area (Å²) in [7, 11) is 1.78. The number of hydrogen-bond donors (Lipinski definition) is 3. The van der Waals surface area contributed by atoms with Gasteiger partial charge < -0.3 is 20.5 Å². The fourth-order valence-electron chi connectivity index (χ4n) is 3.47. The van der Waals surface area contributed by atoms with Crippen molar-refractivity contribution in [3.8, 4) is 11.3 Å². The molecule has 3 rings (SSSR count). The van der Waals surface area contributed by atoms with Crippen LogP contribution >= 0.6 is 0 Å². The van der Waals surface area contributed by atoms with E-state index in [1.54, 1.807) is 39.4 Å². The minimum atomic E-state index is -0.976. The number of aromatic nitrogens is 3. The minimum absolute atomic E-state index is 0.339. The van der Waals surface area contributed by atoms with E-state index < -0.39 is 5.60 Å². The maximum absolute atomic E-state index is 10.1. The Morgan fingerprint density at radius 3 is 2.52 bits per heavy atom. The number of methoxy groups -OCH3 is 1. The Bertz CT molecular complexity index is 809. The van der Waals surface area contributed by atoms with Crippen LogP contribution in [0.4, 0.5) is 11.6 Å². The van der Waals surface area contributed by atoms with Gasteiger partial charge in [-0.25, -0.2) is 9.97 Å². The Morgan fingerprint density at radius 1 is 1.17 bits per heavy atom. The van der Waals surface area contributed by atoms with Gasteiger partial charge in [-0.3, -0.25) is 4.98 Å². The van der Waals surface area contributed by atoms with Crippen LogP contribution in [0, 0.1) is 0 Å².